The number of carbonyl (C=O) groups is 2. The molecule has 0 unspecified atom stereocenters. The number of benzene rings is 1. The summed E-state index contributed by atoms with van der Waals surface area (Å²) >= 11 is 0. The van der Waals surface area contributed by atoms with E-state index >= 15 is 0 Å². The number of nitrogens with one attached hydrogen (secondary N) is 2. The van der Waals surface area contributed by atoms with Gasteiger partial charge in [0.05, 0.1) is 0 Å². The molecule has 0 aliphatic heterocycles. The summed E-state index contributed by atoms with van der Waals surface area (Å²) in [7, 11) is 0. The maximum Gasteiger partial charge on any atom is 0.326 e. The van der Waals surface area contributed by atoms with Crippen LogP contribution in [0.4, 0.5) is 5.69 Å². The number of rotatable bonds is 4. The van der Waals surface area contributed by atoms with Crippen LogP contribution in [0.25, 0.3) is 10.9 Å². The summed E-state index contributed by atoms with van der Waals surface area (Å²) in [5.41, 5.74) is 8.11. The number of hydrogen-bond donors (Lipinski definition) is 4. The number of aromatic amines is 1. The molecule has 0 aliphatic rings. The van der Waals surface area contributed by atoms with Gasteiger partial charge in [0, 0.05) is 36.1 Å². The van der Waals surface area contributed by atoms with E-state index in [0.29, 0.717) is 5.69 Å². The van der Waals surface area contributed by atoms with Gasteiger partial charge >= 0.3 is 5.97 Å². The lowest BCUT2D eigenvalue weighted by molar-refractivity contribution is -0.141. The molecule has 5 N–H and O–H groups in total. The fourth-order valence-electron chi connectivity index (χ4n) is 2.11. The molecular formula is C13H15N3O3. The van der Waals surface area contributed by atoms with Crippen molar-refractivity contribution in [2.45, 2.75) is 19.4 Å². The highest BCUT2D eigenvalue weighted by atomic mass is 16.4. The Labute approximate surface area is 109 Å². The molecule has 0 spiro atoms. The zero-order chi connectivity index (χ0) is 14.0. The number of carbonyl (C=O) groups excluding carboxylic acids is 1. The number of anilines is 1. The molecule has 2 rings (SSSR count). The van der Waals surface area contributed by atoms with E-state index in [-0.39, 0.29) is 12.3 Å². The first-order valence-electron chi connectivity index (χ1n) is 5.83. The second kappa shape index (κ2) is 5.01. The molecule has 100 valence electrons. The Morgan fingerprint density at radius 2 is 2.21 bits per heavy atom. The van der Waals surface area contributed by atoms with Gasteiger partial charge in [0.2, 0.25) is 5.91 Å². The Bertz CT molecular complexity index is 633. The molecule has 0 bridgehead atoms. The number of nitrogen functional groups attached to an aromatic ring is 1. The number of aromatic nitrogens is 1. The number of carboxylic acid groups (broad SMARTS) is 1. The lowest BCUT2D eigenvalue weighted by atomic mass is 10.0. The van der Waals surface area contributed by atoms with E-state index in [0.717, 1.165) is 16.5 Å². The normalized spacial score (nSPS) is 12.3. The lowest BCUT2D eigenvalue weighted by Gasteiger charge is -2.12. The highest BCUT2D eigenvalue weighted by Crippen LogP contribution is 2.25. The van der Waals surface area contributed by atoms with Gasteiger partial charge in [-0.05, 0) is 17.7 Å². The molecule has 2 aromatic rings. The van der Waals surface area contributed by atoms with Crippen LogP contribution in [0.5, 0.6) is 0 Å². The predicted molar refractivity (Wildman–Crippen MR) is 71.7 cm³/mol. The Morgan fingerprint density at radius 1 is 1.47 bits per heavy atom. The first kappa shape index (κ1) is 12.9. The van der Waals surface area contributed by atoms with Gasteiger partial charge in [0.1, 0.15) is 6.04 Å². The summed E-state index contributed by atoms with van der Waals surface area (Å²) in [6, 6.07) is 4.48. The number of carboxylic acids is 1. The van der Waals surface area contributed by atoms with Gasteiger partial charge in [0.25, 0.3) is 0 Å². The number of nitrogens with two attached hydrogens (primary N) is 1. The molecule has 19 heavy (non-hydrogen) atoms. The highest BCUT2D eigenvalue weighted by Gasteiger charge is 2.20. The molecule has 0 radical (unpaired) electrons. The van der Waals surface area contributed by atoms with Gasteiger partial charge in [-0.2, -0.15) is 0 Å². The van der Waals surface area contributed by atoms with Crippen molar-refractivity contribution >= 4 is 28.5 Å². The van der Waals surface area contributed by atoms with E-state index in [4.69, 9.17) is 10.8 Å². The van der Waals surface area contributed by atoms with Crippen LogP contribution in [-0.4, -0.2) is 28.0 Å². The molecule has 1 aromatic heterocycles. The molecular weight excluding hydrogens is 246 g/mol. The van der Waals surface area contributed by atoms with Gasteiger partial charge in [-0.1, -0.05) is 6.07 Å². The Morgan fingerprint density at radius 3 is 2.84 bits per heavy atom. The molecule has 0 aliphatic carbocycles. The minimum atomic E-state index is -1.07. The maximum atomic E-state index is 11.1. The number of H-pyrrole nitrogens is 1. The number of amides is 1. The molecule has 0 saturated heterocycles. The third-order valence-electron chi connectivity index (χ3n) is 2.92. The van der Waals surface area contributed by atoms with Gasteiger partial charge in [-0.3, -0.25) is 4.79 Å². The lowest BCUT2D eigenvalue weighted by Crippen LogP contribution is -2.41. The van der Waals surface area contributed by atoms with Gasteiger partial charge in [0.15, 0.2) is 0 Å². The van der Waals surface area contributed by atoms with Crippen LogP contribution in [-0.2, 0) is 16.0 Å². The van der Waals surface area contributed by atoms with Crippen LogP contribution in [0.15, 0.2) is 24.4 Å². The molecule has 6 nitrogen and oxygen atoms in total. The summed E-state index contributed by atoms with van der Waals surface area (Å²) < 4.78 is 0. The SMILES string of the molecule is CC(=O)N[C@@H](Cc1c[nH]c2cccc(N)c12)C(=O)O. The van der Waals surface area contributed by atoms with E-state index < -0.39 is 12.0 Å². The van der Waals surface area contributed by atoms with E-state index in [1.54, 1.807) is 12.3 Å². The Hall–Kier alpha value is -2.50. The van der Waals surface area contributed by atoms with E-state index in [2.05, 4.69) is 10.3 Å². The minimum Gasteiger partial charge on any atom is -0.480 e. The summed E-state index contributed by atoms with van der Waals surface area (Å²) in [6.07, 6.45) is 1.90. The van der Waals surface area contributed by atoms with Crippen LogP contribution in [0.1, 0.15) is 12.5 Å². The van der Waals surface area contributed by atoms with Crippen molar-refractivity contribution in [1.29, 1.82) is 0 Å². The topological polar surface area (TPSA) is 108 Å². The number of aliphatic carboxylic acids is 1. The summed E-state index contributed by atoms with van der Waals surface area (Å²) in [4.78, 5) is 25.2. The van der Waals surface area contributed by atoms with Crippen molar-refractivity contribution in [3.8, 4) is 0 Å². The molecule has 0 fully saturated rings. The maximum absolute atomic E-state index is 11.1. The zero-order valence-electron chi connectivity index (χ0n) is 10.4. The van der Waals surface area contributed by atoms with Crippen molar-refractivity contribution in [1.82, 2.24) is 10.3 Å². The first-order chi connectivity index (χ1) is 8.99. The fraction of sp³-hybridized carbons (Fsp3) is 0.231. The first-order valence-corrected chi connectivity index (χ1v) is 5.83. The van der Waals surface area contributed by atoms with Gasteiger partial charge in [-0.25, -0.2) is 4.79 Å². The largest absolute Gasteiger partial charge is 0.480 e. The predicted octanol–water partition coefficient (Wildman–Crippen LogP) is 0.882. The van der Waals surface area contributed by atoms with E-state index in [1.807, 2.05) is 12.1 Å². The minimum absolute atomic E-state index is 0.184. The monoisotopic (exact) mass is 261 g/mol. The van der Waals surface area contributed by atoms with Crippen molar-refractivity contribution in [3.05, 3.63) is 30.0 Å². The second-order valence-electron chi connectivity index (χ2n) is 4.38. The number of fused-ring (bicyclic) bond motifs is 1. The summed E-state index contributed by atoms with van der Waals surface area (Å²) in [5.74, 6) is -1.45. The Kier molecular flexibility index (Phi) is 3.41. The average Bonchev–Trinajstić information content (AvgIpc) is 2.72. The summed E-state index contributed by atoms with van der Waals surface area (Å²) in [5, 5.41) is 12.3. The quantitative estimate of drug-likeness (QED) is 0.613. The zero-order valence-corrected chi connectivity index (χ0v) is 10.4. The van der Waals surface area contributed by atoms with Crippen molar-refractivity contribution in [3.63, 3.8) is 0 Å². The van der Waals surface area contributed by atoms with Crippen LogP contribution in [0.3, 0.4) is 0 Å². The van der Waals surface area contributed by atoms with E-state index in [1.165, 1.54) is 6.92 Å². The smallest absolute Gasteiger partial charge is 0.326 e. The van der Waals surface area contributed by atoms with Crippen LogP contribution < -0.4 is 11.1 Å². The molecule has 1 heterocycles. The second-order valence-corrected chi connectivity index (χ2v) is 4.38. The highest BCUT2D eigenvalue weighted by molar-refractivity contribution is 5.94. The molecule has 0 saturated carbocycles. The van der Waals surface area contributed by atoms with E-state index in [9.17, 15) is 9.59 Å². The molecule has 6 heteroatoms. The van der Waals surface area contributed by atoms with Crippen LogP contribution in [0, 0.1) is 0 Å². The average molecular weight is 261 g/mol. The van der Waals surface area contributed by atoms with Crippen molar-refractivity contribution in [2.24, 2.45) is 0 Å². The number of hydrogen-bond acceptors (Lipinski definition) is 3. The summed E-state index contributed by atoms with van der Waals surface area (Å²) in [6.45, 7) is 1.29. The molecule has 1 aromatic carbocycles. The third-order valence-corrected chi connectivity index (χ3v) is 2.92. The van der Waals surface area contributed by atoms with Gasteiger partial charge in [-0.15, -0.1) is 0 Å². The fourth-order valence-corrected chi connectivity index (χ4v) is 2.11. The molecule has 1 atom stereocenters. The molecule has 1 amide bonds. The standard InChI is InChI=1S/C13H15N3O3/c1-7(17)16-11(13(18)19)5-8-6-15-10-4-2-3-9(14)12(8)10/h2-4,6,11,15H,5,14H2,1H3,(H,16,17)(H,18,19)/t11-/m0/s1. The Balaban J connectivity index is 2.34. The van der Waals surface area contributed by atoms with Crippen LogP contribution >= 0.6 is 0 Å². The third kappa shape index (κ3) is 2.67. The van der Waals surface area contributed by atoms with Gasteiger partial charge < -0.3 is 21.1 Å². The van der Waals surface area contributed by atoms with Crippen molar-refractivity contribution < 1.29 is 14.7 Å². The van der Waals surface area contributed by atoms with Crippen LogP contribution in [0.2, 0.25) is 0 Å². The van der Waals surface area contributed by atoms with Crippen molar-refractivity contribution in [2.75, 3.05) is 5.73 Å².